The fraction of sp³-hybridized carbons (Fsp3) is 0.385. The van der Waals surface area contributed by atoms with Gasteiger partial charge in [-0.2, -0.15) is 0 Å². The van der Waals surface area contributed by atoms with Crippen molar-refractivity contribution in [3.63, 3.8) is 0 Å². The van der Waals surface area contributed by atoms with Crippen LogP contribution in [0, 0.1) is 10.1 Å². The number of hydrogen-bond donors (Lipinski definition) is 2. The van der Waals surface area contributed by atoms with Crippen LogP contribution in [0.1, 0.15) is 6.42 Å². The first-order valence-electron chi connectivity index (χ1n) is 6.65. The van der Waals surface area contributed by atoms with E-state index in [1.54, 1.807) is 0 Å². The summed E-state index contributed by atoms with van der Waals surface area (Å²) in [5.74, 6) is 0.228. The van der Waals surface area contributed by atoms with Gasteiger partial charge in [0.05, 0.1) is 18.1 Å². The van der Waals surface area contributed by atoms with Crippen molar-refractivity contribution in [2.75, 3.05) is 26.7 Å². The third-order valence-corrected chi connectivity index (χ3v) is 4.75. The van der Waals surface area contributed by atoms with Gasteiger partial charge in [-0.25, -0.2) is 13.1 Å². The number of halogens is 1. The molecule has 2 N–H and O–H groups in total. The Morgan fingerprint density at radius 1 is 1.43 bits per heavy atom. The predicted octanol–water partition coefficient (Wildman–Crippen LogP) is 1.22. The molecule has 1 aromatic rings. The van der Waals surface area contributed by atoms with Crippen LogP contribution in [0.25, 0.3) is 0 Å². The maximum absolute atomic E-state index is 12.3. The molecule has 128 valence electrons. The molecular formula is C13H18ClN3O5S. The number of sulfonamides is 1. The summed E-state index contributed by atoms with van der Waals surface area (Å²) in [6.45, 7) is 1.63. The highest BCUT2D eigenvalue weighted by Gasteiger charge is 2.26. The number of rotatable bonds is 6. The van der Waals surface area contributed by atoms with Crippen LogP contribution in [0.3, 0.4) is 0 Å². The average Bonchev–Trinajstić information content (AvgIpc) is 2.53. The first kappa shape index (κ1) is 19.4. The highest BCUT2D eigenvalue weighted by atomic mass is 35.5. The summed E-state index contributed by atoms with van der Waals surface area (Å²) in [6, 6.07) is 3.65. The molecule has 10 heteroatoms. The van der Waals surface area contributed by atoms with Crippen LogP contribution < -0.4 is 14.8 Å². The second-order valence-corrected chi connectivity index (χ2v) is 6.47. The normalized spacial score (nSPS) is 14.6. The summed E-state index contributed by atoms with van der Waals surface area (Å²) in [5, 5.41) is 14.2. The van der Waals surface area contributed by atoms with Crippen LogP contribution in [-0.4, -0.2) is 40.1 Å². The van der Waals surface area contributed by atoms with Crippen molar-refractivity contribution in [1.29, 1.82) is 0 Å². The Hall–Kier alpha value is -1.68. The van der Waals surface area contributed by atoms with E-state index in [2.05, 4.69) is 10.0 Å². The largest absolute Gasteiger partial charge is 0.497 e. The van der Waals surface area contributed by atoms with E-state index < -0.39 is 20.6 Å². The molecule has 8 nitrogen and oxygen atoms in total. The summed E-state index contributed by atoms with van der Waals surface area (Å²) in [7, 11) is -2.61. The second kappa shape index (κ2) is 8.25. The summed E-state index contributed by atoms with van der Waals surface area (Å²) in [5.41, 5.74) is 0.449. The number of nitrogens with zero attached hydrogens (tertiary/aromatic N) is 1. The number of nitro benzene ring substituents is 1. The lowest BCUT2D eigenvalue weighted by Gasteiger charge is -2.15. The van der Waals surface area contributed by atoms with Gasteiger partial charge in [0.25, 0.3) is 5.69 Å². The minimum absolute atomic E-state index is 0. The molecule has 0 spiro atoms. The van der Waals surface area contributed by atoms with Gasteiger partial charge in [0.1, 0.15) is 5.75 Å². The highest BCUT2D eigenvalue weighted by molar-refractivity contribution is 7.89. The minimum Gasteiger partial charge on any atom is -0.497 e. The van der Waals surface area contributed by atoms with Gasteiger partial charge in [-0.3, -0.25) is 10.1 Å². The molecule has 0 radical (unpaired) electrons. The van der Waals surface area contributed by atoms with Gasteiger partial charge in [-0.05, 0) is 25.1 Å². The zero-order valence-electron chi connectivity index (χ0n) is 12.4. The van der Waals surface area contributed by atoms with E-state index in [0.717, 1.165) is 24.6 Å². The summed E-state index contributed by atoms with van der Waals surface area (Å²) < 4.78 is 31.9. The van der Waals surface area contributed by atoms with Crippen molar-refractivity contribution in [2.24, 2.45) is 0 Å². The molecule has 0 aliphatic carbocycles. The lowest BCUT2D eigenvalue weighted by Crippen LogP contribution is -2.30. The number of benzene rings is 1. The summed E-state index contributed by atoms with van der Waals surface area (Å²) >= 11 is 0. The van der Waals surface area contributed by atoms with Gasteiger partial charge in [0.15, 0.2) is 4.90 Å². The number of nitro groups is 1. The molecule has 1 aliphatic rings. The Kier molecular flexibility index (Phi) is 6.95. The smallest absolute Gasteiger partial charge is 0.293 e. The minimum atomic E-state index is -3.97. The van der Waals surface area contributed by atoms with E-state index in [1.165, 1.54) is 19.2 Å². The van der Waals surface area contributed by atoms with Crippen LogP contribution in [0.15, 0.2) is 34.7 Å². The molecule has 0 saturated heterocycles. The van der Waals surface area contributed by atoms with Crippen molar-refractivity contribution in [3.8, 4) is 5.75 Å². The number of nitrogens with one attached hydrogen (secondary N) is 2. The molecule has 0 fully saturated rings. The lowest BCUT2D eigenvalue weighted by molar-refractivity contribution is -0.387. The first-order chi connectivity index (χ1) is 10.4. The van der Waals surface area contributed by atoms with Crippen molar-refractivity contribution < 1.29 is 18.1 Å². The van der Waals surface area contributed by atoms with Gasteiger partial charge in [-0.15, -0.1) is 12.4 Å². The van der Waals surface area contributed by atoms with Gasteiger partial charge in [0.2, 0.25) is 10.0 Å². The first-order valence-corrected chi connectivity index (χ1v) is 8.13. The Balaban J connectivity index is 0.00000264. The Labute approximate surface area is 140 Å². The van der Waals surface area contributed by atoms with Crippen LogP contribution in [0.5, 0.6) is 5.75 Å². The standard InChI is InChI=1S/C13H17N3O5S.ClH/c1-21-11-2-3-13(12(8-11)16(17)18)22(19,20)15-9-10-4-6-14-7-5-10;/h2-4,8,14-15H,5-7,9H2,1H3;1H. The van der Waals surface area contributed by atoms with Crippen molar-refractivity contribution >= 4 is 28.1 Å². The number of ether oxygens (including phenoxy) is 1. The molecule has 0 bridgehead atoms. The Bertz CT molecular complexity index is 706. The molecule has 2 rings (SSSR count). The molecule has 0 unspecified atom stereocenters. The fourth-order valence-electron chi connectivity index (χ4n) is 2.09. The predicted molar refractivity (Wildman–Crippen MR) is 87.7 cm³/mol. The third-order valence-electron chi connectivity index (χ3n) is 3.30. The molecule has 23 heavy (non-hydrogen) atoms. The van der Waals surface area contributed by atoms with Gasteiger partial charge < -0.3 is 10.1 Å². The van der Waals surface area contributed by atoms with Gasteiger partial charge in [-0.1, -0.05) is 11.6 Å². The van der Waals surface area contributed by atoms with E-state index in [1.807, 2.05) is 6.08 Å². The number of methoxy groups -OCH3 is 1. The third kappa shape index (κ3) is 4.90. The van der Waals surface area contributed by atoms with E-state index in [9.17, 15) is 18.5 Å². The SMILES string of the molecule is COc1ccc(S(=O)(=O)NCC2=CCNCC2)c([N+](=O)[O-])c1.Cl. The maximum Gasteiger partial charge on any atom is 0.293 e. The Morgan fingerprint density at radius 3 is 2.74 bits per heavy atom. The van der Waals surface area contributed by atoms with Crippen LogP contribution in [0.2, 0.25) is 0 Å². The van der Waals surface area contributed by atoms with Gasteiger partial charge in [0, 0.05) is 13.1 Å². The zero-order chi connectivity index (χ0) is 16.2. The van der Waals surface area contributed by atoms with E-state index in [-0.39, 0.29) is 29.6 Å². The molecule has 0 amide bonds. The molecule has 1 heterocycles. The quantitative estimate of drug-likeness (QED) is 0.446. The summed E-state index contributed by atoms with van der Waals surface area (Å²) in [4.78, 5) is 9.98. The van der Waals surface area contributed by atoms with Crippen molar-refractivity contribution in [3.05, 3.63) is 40.0 Å². The van der Waals surface area contributed by atoms with E-state index in [4.69, 9.17) is 4.74 Å². The fourth-order valence-corrected chi connectivity index (χ4v) is 3.28. The van der Waals surface area contributed by atoms with Crippen molar-refractivity contribution in [2.45, 2.75) is 11.3 Å². The molecule has 1 aliphatic heterocycles. The average molecular weight is 364 g/mol. The van der Waals surface area contributed by atoms with Crippen molar-refractivity contribution in [1.82, 2.24) is 10.0 Å². The van der Waals surface area contributed by atoms with E-state index in [0.29, 0.717) is 6.54 Å². The number of hydrogen-bond acceptors (Lipinski definition) is 6. The lowest BCUT2D eigenvalue weighted by atomic mass is 10.1. The van der Waals surface area contributed by atoms with E-state index >= 15 is 0 Å². The Morgan fingerprint density at radius 2 is 2.17 bits per heavy atom. The molecule has 0 saturated carbocycles. The van der Waals surface area contributed by atoms with Crippen LogP contribution in [-0.2, 0) is 10.0 Å². The van der Waals surface area contributed by atoms with Crippen LogP contribution in [0.4, 0.5) is 5.69 Å². The molecular weight excluding hydrogens is 346 g/mol. The highest BCUT2D eigenvalue weighted by Crippen LogP contribution is 2.28. The molecule has 0 atom stereocenters. The molecule has 1 aromatic carbocycles. The summed E-state index contributed by atoms with van der Waals surface area (Å²) in [6.07, 6.45) is 2.65. The topological polar surface area (TPSA) is 111 Å². The van der Waals surface area contributed by atoms with Gasteiger partial charge >= 0.3 is 0 Å². The maximum atomic E-state index is 12.3. The van der Waals surface area contributed by atoms with Crippen LogP contribution >= 0.6 is 12.4 Å². The zero-order valence-corrected chi connectivity index (χ0v) is 14.1. The molecule has 0 aromatic heterocycles. The second-order valence-electron chi connectivity index (χ2n) is 4.73. The monoisotopic (exact) mass is 363 g/mol.